The molecule has 0 radical (unpaired) electrons. The van der Waals surface area contributed by atoms with Gasteiger partial charge in [0, 0.05) is 5.92 Å². The summed E-state index contributed by atoms with van der Waals surface area (Å²) in [5, 5.41) is 0. The highest BCUT2D eigenvalue weighted by Gasteiger charge is 2.21. The predicted octanol–water partition coefficient (Wildman–Crippen LogP) is 1.03. The molecule has 0 aliphatic carbocycles. The Labute approximate surface area is 66.5 Å². The van der Waals surface area contributed by atoms with E-state index < -0.39 is 0 Å². The lowest BCUT2D eigenvalue weighted by molar-refractivity contribution is -0.117. The normalized spacial score (nSPS) is 18.9. The molecule has 0 spiro atoms. The molecule has 11 heavy (non-hydrogen) atoms. The Morgan fingerprint density at radius 1 is 1.82 bits per heavy atom. The Morgan fingerprint density at radius 2 is 2.55 bits per heavy atom. The van der Waals surface area contributed by atoms with Crippen LogP contribution in [0.1, 0.15) is 20.3 Å². The zero-order valence-corrected chi connectivity index (χ0v) is 6.96. The zero-order valence-electron chi connectivity index (χ0n) is 6.96. The molecular formula is C8H13NO2. The molecule has 0 bridgehead atoms. The van der Waals surface area contributed by atoms with Gasteiger partial charge in [0.15, 0.2) is 0 Å². The first-order chi connectivity index (χ1) is 5.25. The van der Waals surface area contributed by atoms with Gasteiger partial charge in [-0.3, -0.25) is 4.79 Å². The zero-order chi connectivity index (χ0) is 8.27. The summed E-state index contributed by atoms with van der Waals surface area (Å²) in [5.74, 6) is 0.427. The molecule has 0 aromatic heterocycles. The molecule has 1 heterocycles. The van der Waals surface area contributed by atoms with Crippen molar-refractivity contribution in [2.24, 2.45) is 10.9 Å². The van der Waals surface area contributed by atoms with Crippen molar-refractivity contribution in [3.63, 3.8) is 0 Å². The van der Waals surface area contributed by atoms with Gasteiger partial charge in [0.2, 0.25) is 5.78 Å². The molecule has 0 amide bonds. The van der Waals surface area contributed by atoms with E-state index in [1.165, 1.54) is 0 Å². The second-order valence-corrected chi connectivity index (χ2v) is 2.71. The van der Waals surface area contributed by atoms with E-state index in [0.29, 0.717) is 19.0 Å². The lowest BCUT2D eigenvalue weighted by Crippen LogP contribution is -2.21. The predicted molar refractivity (Wildman–Crippen MR) is 42.7 cm³/mol. The fourth-order valence-corrected chi connectivity index (χ4v) is 0.880. The molecule has 0 saturated heterocycles. The van der Waals surface area contributed by atoms with Crippen molar-refractivity contribution < 1.29 is 9.53 Å². The van der Waals surface area contributed by atoms with Crippen molar-refractivity contribution in [1.82, 2.24) is 0 Å². The van der Waals surface area contributed by atoms with Crippen molar-refractivity contribution in [1.29, 1.82) is 0 Å². The quantitative estimate of drug-likeness (QED) is 0.610. The van der Waals surface area contributed by atoms with Gasteiger partial charge in [-0.05, 0) is 6.42 Å². The van der Waals surface area contributed by atoms with Crippen molar-refractivity contribution in [3.8, 4) is 0 Å². The molecule has 1 atom stereocenters. The van der Waals surface area contributed by atoms with Crippen LogP contribution in [0.3, 0.4) is 0 Å². The summed E-state index contributed by atoms with van der Waals surface area (Å²) in [5.41, 5.74) is 0. The highest BCUT2D eigenvalue weighted by molar-refractivity contribution is 6.37. The Kier molecular flexibility index (Phi) is 2.63. The van der Waals surface area contributed by atoms with Gasteiger partial charge in [-0.15, -0.1) is 0 Å². The molecule has 3 nitrogen and oxygen atoms in total. The molecule has 0 aromatic rings. The minimum atomic E-state index is 0.0463. The smallest absolute Gasteiger partial charge is 0.253 e. The van der Waals surface area contributed by atoms with E-state index in [-0.39, 0.29) is 11.7 Å². The van der Waals surface area contributed by atoms with E-state index in [2.05, 4.69) is 4.99 Å². The van der Waals surface area contributed by atoms with Crippen molar-refractivity contribution in [2.75, 3.05) is 13.2 Å². The van der Waals surface area contributed by atoms with Crippen LogP contribution in [0.15, 0.2) is 4.99 Å². The molecular weight excluding hydrogens is 142 g/mol. The van der Waals surface area contributed by atoms with Gasteiger partial charge in [0.25, 0.3) is 5.90 Å². The van der Waals surface area contributed by atoms with Crippen molar-refractivity contribution >= 4 is 11.7 Å². The van der Waals surface area contributed by atoms with Crippen LogP contribution in [0.2, 0.25) is 0 Å². The van der Waals surface area contributed by atoms with Crippen LogP contribution in [-0.2, 0) is 9.53 Å². The van der Waals surface area contributed by atoms with E-state index >= 15 is 0 Å². The van der Waals surface area contributed by atoms with E-state index in [1.54, 1.807) is 0 Å². The first-order valence-corrected chi connectivity index (χ1v) is 3.97. The Balaban J connectivity index is 2.53. The fourth-order valence-electron chi connectivity index (χ4n) is 0.880. The minimum absolute atomic E-state index is 0.0463. The average Bonchev–Trinajstić information content (AvgIpc) is 2.53. The maximum absolute atomic E-state index is 11.3. The third kappa shape index (κ3) is 1.79. The lowest BCUT2D eigenvalue weighted by atomic mass is 10.0. The molecule has 1 aliphatic heterocycles. The molecule has 0 fully saturated rings. The van der Waals surface area contributed by atoms with Crippen LogP contribution in [0.25, 0.3) is 0 Å². The number of hydrogen-bond donors (Lipinski definition) is 0. The van der Waals surface area contributed by atoms with Gasteiger partial charge in [-0.25, -0.2) is 4.99 Å². The maximum atomic E-state index is 11.3. The van der Waals surface area contributed by atoms with E-state index in [0.717, 1.165) is 6.42 Å². The summed E-state index contributed by atoms with van der Waals surface area (Å²) >= 11 is 0. The van der Waals surface area contributed by atoms with Crippen LogP contribution >= 0.6 is 0 Å². The van der Waals surface area contributed by atoms with Gasteiger partial charge >= 0.3 is 0 Å². The van der Waals surface area contributed by atoms with Gasteiger partial charge in [-0.2, -0.15) is 0 Å². The van der Waals surface area contributed by atoms with Gasteiger partial charge < -0.3 is 4.74 Å². The standard InChI is InChI=1S/C8H13NO2/c1-3-6(2)7(10)8-9-4-5-11-8/h6H,3-5H2,1-2H3. The van der Waals surface area contributed by atoms with Crippen molar-refractivity contribution in [3.05, 3.63) is 0 Å². The first kappa shape index (κ1) is 8.24. The maximum Gasteiger partial charge on any atom is 0.253 e. The number of carbonyl (C=O) groups excluding carboxylic acids is 1. The first-order valence-electron chi connectivity index (χ1n) is 3.97. The molecule has 62 valence electrons. The minimum Gasteiger partial charge on any atom is -0.473 e. The summed E-state index contributed by atoms with van der Waals surface area (Å²) < 4.78 is 5.04. The van der Waals surface area contributed by atoms with Crippen LogP contribution in [0, 0.1) is 5.92 Å². The van der Waals surface area contributed by atoms with Crippen LogP contribution in [-0.4, -0.2) is 24.8 Å². The number of aliphatic imine (C=N–C) groups is 1. The monoisotopic (exact) mass is 155 g/mol. The highest BCUT2D eigenvalue weighted by atomic mass is 16.5. The number of carbonyl (C=O) groups is 1. The summed E-state index contributed by atoms with van der Waals surface area (Å²) in [6.07, 6.45) is 0.848. The van der Waals surface area contributed by atoms with Crippen molar-refractivity contribution in [2.45, 2.75) is 20.3 Å². The summed E-state index contributed by atoms with van der Waals surface area (Å²) in [6, 6.07) is 0. The highest BCUT2D eigenvalue weighted by Crippen LogP contribution is 2.06. The SMILES string of the molecule is CCC(C)C(=O)C1=NCCO1. The molecule has 1 rings (SSSR count). The summed E-state index contributed by atoms with van der Waals surface area (Å²) in [6.45, 7) is 5.08. The second kappa shape index (κ2) is 3.51. The fraction of sp³-hybridized carbons (Fsp3) is 0.750. The Bertz CT molecular complexity index is 187. The van der Waals surface area contributed by atoms with E-state index in [9.17, 15) is 4.79 Å². The number of rotatable bonds is 3. The third-order valence-corrected chi connectivity index (χ3v) is 1.86. The largest absolute Gasteiger partial charge is 0.473 e. The van der Waals surface area contributed by atoms with Gasteiger partial charge in [0.1, 0.15) is 6.61 Å². The topological polar surface area (TPSA) is 38.7 Å². The van der Waals surface area contributed by atoms with Crippen LogP contribution < -0.4 is 0 Å². The van der Waals surface area contributed by atoms with Gasteiger partial charge in [0.05, 0.1) is 6.54 Å². The van der Waals surface area contributed by atoms with Gasteiger partial charge in [-0.1, -0.05) is 13.8 Å². The Hall–Kier alpha value is -0.860. The number of nitrogens with zero attached hydrogens (tertiary/aromatic N) is 1. The molecule has 3 heteroatoms. The summed E-state index contributed by atoms with van der Waals surface area (Å²) in [7, 11) is 0. The van der Waals surface area contributed by atoms with Crippen LogP contribution in [0.5, 0.6) is 0 Å². The molecule has 1 unspecified atom stereocenters. The number of Topliss-reactive ketones (excluding diaryl/α,β-unsaturated/α-hetero) is 1. The average molecular weight is 155 g/mol. The molecule has 0 aromatic carbocycles. The number of hydrogen-bond acceptors (Lipinski definition) is 3. The van der Waals surface area contributed by atoms with E-state index in [4.69, 9.17) is 4.74 Å². The molecule has 0 saturated carbocycles. The Morgan fingerprint density at radius 3 is 3.00 bits per heavy atom. The molecule has 1 aliphatic rings. The van der Waals surface area contributed by atoms with E-state index in [1.807, 2.05) is 13.8 Å². The lowest BCUT2D eigenvalue weighted by Gasteiger charge is -2.05. The second-order valence-electron chi connectivity index (χ2n) is 2.71. The summed E-state index contributed by atoms with van der Waals surface area (Å²) in [4.78, 5) is 15.3. The molecule has 0 N–H and O–H groups in total. The number of ketones is 1. The third-order valence-electron chi connectivity index (χ3n) is 1.86. The van der Waals surface area contributed by atoms with Crippen LogP contribution in [0.4, 0.5) is 0 Å². The number of ether oxygens (including phenoxy) is 1.